The lowest BCUT2D eigenvalue weighted by Gasteiger charge is -2.20. The first kappa shape index (κ1) is 18.9. The van der Waals surface area contributed by atoms with Gasteiger partial charge < -0.3 is 0 Å². The van der Waals surface area contributed by atoms with Gasteiger partial charge in [0.2, 0.25) is 5.69 Å². The molecule has 1 nitrogen and oxygen atoms in total. The monoisotopic (exact) mass is 370 g/mol. The van der Waals surface area contributed by atoms with Crippen LogP contribution in [-0.2, 0) is 19.9 Å². The number of rotatable bonds is 2. The molecule has 28 heavy (non-hydrogen) atoms. The molecule has 144 valence electrons. The van der Waals surface area contributed by atoms with E-state index in [2.05, 4.69) is 95.8 Å². The maximum Gasteiger partial charge on any atom is 0.213 e. The molecule has 4 rings (SSSR count). The van der Waals surface area contributed by atoms with Gasteiger partial charge in [-0.2, -0.15) is 0 Å². The average molecular weight is 371 g/mol. The van der Waals surface area contributed by atoms with Crippen LogP contribution in [0.25, 0.3) is 22.4 Å². The Balaban J connectivity index is 1.91. The fourth-order valence-corrected chi connectivity index (χ4v) is 4.71. The summed E-state index contributed by atoms with van der Waals surface area (Å²) in [4.78, 5) is 0. The second kappa shape index (κ2) is 6.58. The van der Waals surface area contributed by atoms with E-state index in [1.54, 1.807) is 0 Å². The first-order valence-electron chi connectivity index (χ1n) is 10.4. The third kappa shape index (κ3) is 3.28. The van der Waals surface area contributed by atoms with Crippen molar-refractivity contribution in [2.75, 3.05) is 0 Å². The van der Waals surface area contributed by atoms with Crippen molar-refractivity contribution in [2.45, 2.75) is 54.4 Å². The number of hydrogen-bond acceptors (Lipinski definition) is 0. The SMILES string of the molecule is Cc1ccc2c(c1)Cc1c-2ccc(C)c1-c1cc(CC(C)(C)C)c(C)c[n+]1C. The summed E-state index contributed by atoms with van der Waals surface area (Å²) < 4.78 is 2.32. The number of benzene rings is 2. The van der Waals surface area contributed by atoms with Gasteiger partial charge in [-0.1, -0.05) is 56.7 Å². The lowest BCUT2D eigenvalue weighted by molar-refractivity contribution is -0.660. The number of hydrogen-bond donors (Lipinski definition) is 0. The molecule has 0 amide bonds. The molecule has 0 atom stereocenters. The molecule has 0 spiro atoms. The van der Waals surface area contributed by atoms with Crippen LogP contribution in [0.15, 0.2) is 42.6 Å². The van der Waals surface area contributed by atoms with Gasteiger partial charge in [0.1, 0.15) is 7.05 Å². The van der Waals surface area contributed by atoms with E-state index in [1.807, 2.05) is 0 Å². The van der Waals surface area contributed by atoms with Crippen molar-refractivity contribution < 1.29 is 4.57 Å². The summed E-state index contributed by atoms with van der Waals surface area (Å²) in [5, 5.41) is 0. The maximum atomic E-state index is 2.44. The highest BCUT2D eigenvalue weighted by Gasteiger charge is 2.27. The molecule has 0 saturated heterocycles. The first-order chi connectivity index (χ1) is 13.1. The van der Waals surface area contributed by atoms with Crippen LogP contribution in [0.5, 0.6) is 0 Å². The zero-order valence-corrected chi connectivity index (χ0v) is 18.4. The summed E-state index contributed by atoms with van der Waals surface area (Å²) in [7, 11) is 2.19. The van der Waals surface area contributed by atoms with E-state index < -0.39 is 0 Å². The normalized spacial score (nSPS) is 12.8. The topological polar surface area (TPSA) is 3.88 Å². The highest BCUT2D eigenvalue weighted by Crippen LogP contribution is 2.43. The van der Waals surface area contributed by atoms with Crippen molar-refractivity contribution >= 4 is 0 Å². The van der Waals surface area contributed by atoms with E-state index in [4.69, 9.17) is 0 Å². The van der Waals surface area contributed by atoms with Crippen molar-refractivity contribution in [3.63, 3.8) is 0 Å². The minimum absolute atomic E-state index is 0.281. The number of fused-ring (bicyclic) bond motifs is 3. The summed E-state index contributed by atoms with van der Waals surface area (Å²) in [5.41, 5.74) is 14.4. The van der Waals surface area contributed by atoms with Gasteiger partial charge in [-0.15, -0.1) is 0 Å². The predicted molar refractivity (Wildman–Crippen MR) is 119 cm³/mol. The van der Waals surface area contributed by atoms with Gasteiger partial charge in [0.25, 0.3) is 0 Å². The summed E-state index contributed by atoms with van der Waals surface area (Å²) in [5.74, 6) is 0. The molecule has 1 aliphatic carbocycles. The Morgan fingerprint density at radius 3 is 2.32 bits per heavy atom. The molecule has 0 N–H and O–H groups in total. The van der Waals surface area contributed by atoms with E-state index in [1.165, 1.54) is 55.8 Å². The molecular formula is C27H32N+. The molecule has 1 aromatic heterocycles. The van der Waals surface area contributed by atoms with E-state index >= 15 is 0 Å². The summed E-state index contributed by atoms with van der Waals surface area (Å²) in [6, 6.07) is 14.0. The van der Waals surface area contributed by atoms with Crippen LogP contribution in [0, 0.1) is 26.2 Å². The highest BCUT2D eigenvalue weighted by atomic mass is 14.9. The minimum Gasteiger partial charge on any atom is -0.201 e. The smallest absolute Gasteiger partial charge is 0.201 e. The fraction of sp³-hybridized carbons (Fsp3) is 0.370. The zero-order valence-electron chi connectivity index (χ0n) is 18.4. The zero-order chi connectivity index (χ0) is 20.2. The van der Waals surface area contributed by atoms with Crippen LogP contribution < -0.4 is 4.57 Å². The quantitative estimate of drug-likeness (QED) is 0.366. The van der Waals surface area contributed by atoms with Crippen molar-refractivity contribution in [1.82, 2.24) is 0 Å². The predicted octanol–water partition coefficient (Wildman–Crippen LogP) is 6.26. The van der Waals surface area contributed by atoms with Crippen molar-refractivity contribution in [2.24, 2.45) is 12.5 Å². The lowest BCUT2D eigenvalue weighted by Crippen LogP contribution is -2.32. The second-order valence-corrected chi connectivity index (χ2v) is 9.84. The van der Waals surface area contributed by atoms with Gasteiger partial charge in [-0.05, 0) is 72.4 Å². The summed E-state index contributed by atoms with van der Waals surface area (Å²) in [6.07, 6.45) is 4.44. The molecule has 1 heterocycles. The molecule has 1 aliphatic rings. The molecule has 2 aromatic carbocycles. The third-order valence-corrected chi connectivity index (χ3v) is 6.00. The largest absolute Gasteiger partial charge is 0.213 e. The van der Waals surface area contributed by atoms with Crippen LogP contribution in [0.4, 0.5) is 0 Å². The first-order valence-corrected chi connectivity index (χ1v) is 10.4. The van der Waals surface area contributed by atoms with Gasteiger partial charge in [0.05, 0.1) is 5.56 Å². The Bertz CT molecular complexity index is 1080. The molecule has 0 radical (unpaired) electrons. The lowest BCUT2D eigenvalue weighted by atomic mass is 9.85. The van der Waals surface area contributed by atoms with Crippen LogP contribution in [0.1, 0.15) is 54.2 Å². The highest BCUT2D eigenvalue weighted by molar-refractivity contribution is 5.85. The van der Waals surface area contributed by atoms with E-state index in [0.29, 0.717) is 0 Å². The molecule has 3 aromatic rings. The molecule has 0 bridgehead atoms. The van der Waals surface area contributed by atoms with Crippen LogP contribution >= 0.6 is 0 Å². The van der Waals surface area contributed by atoms with E-state index in [9.17, 15) is 0 Å². The van der Waals surface area contributed by atoms with Gasteiger partial charge in [-0.25, -0.2) is 4.57 Å². The van der Waals surface area contributed by atoms with E-state index in [0.717, 1.165) is 12.8 Å². The molecular weight excluding hydrogens is 338 g/mol. The molecule has 0 saturated carbocycles. The molecule has 0 aliphatic heterocycles. The average Bonchev–Trinajstić information content (AvgIpc) is 2.94. The molecule has 1 heteroatoms. The second-order valence-electron chi connectivity index (χ2n) is 9.84. The van der Waals surface area contributed by atoms with Gasteiger partial charge in [-0.3, -0.25) is 0 Å². The van der Waals surface area contributed by atoms with Crippen molar-refractivity contribution in [3.05, 3.63) is 76.0 Å². The Hall–Kier alpha value is -2.41. The van der Waals surface area contributed by atoms with Crippen molar-refractivity contribution in [1.29, 1.82) is 0 Å². The van der Waals surface area contributed by atoms with Gasteiger partial charge in [0.15, 0.2) is 6.20 Å². The van der Waals surface area contributed by atoms with Gasteiger partial charge >= 0.3 is 0 Å². The number of aromatic nitrogens is 1. The standard InChI is InChI=1S/C27H32N/c1-17-8-10-22-20(12-17)13-24-23(22)11-9-18(2)26(24)25-14-21(15-27(4,5)6)19(3)16-28(25)7/h8-12,14,16H,13,15H2,1-7H3/q+1. The fourth-order valence-electron chi connectivity index (χ4n) is 4.71. The number of nitrogens with zero attached hydrogens (tertiary/aromatic N) is 1. The Morgan fingerprint density at radius 2 is 1.61 bits per heavy atom. The number of aryl methyl sites for hydroxylation is 4. The Kier molecular flexibility index (Phi) is 4.45. The number of pyridine rings is 1. The maximum absolute atomic E-state index is 2.44. The third-order valence-electron chi connectivity index (χ3n) is 6.00. The van der Waals surface area contributed by atoms with Gasteiger partial charge in [0, 0.05) is 11.6 Å². The van der Waals surface area contributed by atoms with E-state index in [-0.39, 0.29) is 5.41 Å². The van der Waals surface area contributed by atoms with Crippen LogP contribution in [0.3, 0.4) is 0 Å². The van der Waals surface area contributed by atoms with Crippen LogP contribution in [-0.4, -0.2) is 0 Å². The van der Waals surface area contributed by atoms with Crippen molar-refractivity contribution in [3.8, 4) is 22.4 Å². The summed E-state index contributed by atoms with van der Waals surface area (Å²) in [6.45, 7) is 13.7. The summed E-state index contributed by atoms with van der Waals surface area (Å²) >= 11 is 0. The Labute approximate surface area is 170 Å². The molecule has 0 unspecified atom stereocenters. The Morgan fingerprint density at radius 1 is 0.893 bits per heavy atom. The molecule has 0 fully saturated rings. The minimum atomic E-state index is 0.281. The van der Waals surface area contributed by atoms with Crippen LogP contribution in [0.2, 0.25) is 0 Å².